The first-order valence-corrected chi connectivity index (χ1v) is 7.71. The molecule has 1 aromatic rings. The molecule has 0 spiro atoms. The fourth-order valence-corrected chi connectivity index (χ4v) is 2.85. The van der Waals surface area contributed by atoms with Gasteiger partial charge in [0.1, 0.15) is 11.5 Å². The molecule has 19 heavy (non-hydrogen) atoms. The van der Waals surface area contributed by atoms with E-state index < -0.39 is 0 Å². The highest BCUT2D eigenvalue weighted by Crippen LogP contribution is 2.47. The Hall–Kier alpha value is -0.800. The highest BCUT2D eigenvalue weighted by atomic mass is 16.3. The van der Waals surface area contributed by atoms with E-state index in [0.29, 0.717) is 12.5 Å². The predicted molar refractivity (Wildman–Crippen MR) is 75.0 cm³/mol. The van der Waals surface area contributed by atoms with E-state index in [2.05, 4.69) is 24.0 Å². The summed E-state index contributed by atoms with van der Waals surface area (Å²) in [4.78, 5) is 2.52. The molecule has 3 nitrogen and oxygen atoms in total. The van der Waals surface area contributed by atoms with Crippen molar-refractivity contribution < 1.29 is 9.52 Å². The lowest BCUT2D eigenvalue weighted by molar-refractivity contribution is 0.213. The Morgan fingerprint density at radius 3 is 2.74 bits per heavy atom. The minimum atomic E-state index is 0.309. The third-order valence-electron chi connectivity index (χ3n) is 4.43. The van der Waals surface area contributed by atoms with Gasteiger partial charge >= 0.3 is 0 Å². The first-order chi connectivity index (χ1) is 9.28. The van der Waals surface area contributed by atoms with E-state index in [1.807, 2.05) is 0 Å². The minimum Gasteiger partial charge on any atom is -0.464 e. The average molecular weight is 263 g/mol. The number of furan rings is 1. The SMILES string of the molecule is CC1CC1c1ccc(CN(CCCCO)C2CC2)o1. The van der Waals surface area contributed by atoms with Crippen LogP contribution in [0.3, 0.4) is 0 Å². The van der Waals surface area contributed by atoms with E-state index in [1.165, 1.54) is 25.0 Å². The maximum atomic E-state index is 8.88. The maximum Gasteiger partial charge on any atom is 0.118 e. The molecule has 2 unspecified atom stereocenters. The molecule has 3 heteroatoms. The molecule has 1 aromatic heterocycles. The zero-order valence-electron chi connectivity index (χ0n) is 11.8. The van der Waals surface area contributed by atoms with Crippen LogP contribution < -0.4 is 0 Å². The lowest BCUT2D eigenvalue weighted by Crippen LogP contribution is -2.26. The van der Waals surface area contributed by atoms with Crippen LogP contribution in [0, 0.1) is 5.92 Å². The molecule has 0 amide bonds. The van der Waals surface area contributed by atoms with Gasteiger partial charge in [0.25, 0.3) is 0 Å². The van der Waals surface area contributed by atoms with Gasteiger partial charge in [-0.3, -0.25) is 4.90 Å². The Morgan fingerprint density at radius 2 is 2.11 bits per heavy atom. The molecule has 106 valence electrons. The van der Waals surface area contributed by atoms with Crippen LogP contribution in [-0.2, 0) is 6.54 Å². The van der Waals surface area contributed by atoms with Gasteiger partial charge in [-0.15, -0.1) is 0 Å². The van der Waals surface area contributed by atoms with Gasteiger partial charge in [0.05, 0.1) is 6.54 Å². The monoisotopic (exact) mass is 263 g/mol. The van der Waals surface area contributed by atoms with Crippen molar-refractivity contribution >= 4 is 0 Å². The molecule has 2 saturated carbocycles. The van der Waals surface area contributed by atoms with Crippen molar-refractivity contribution in [3.63, 3.8) is 0 Å². The summed E-state index contributed by atoms with van der Waals surface area (Å²) in [5.74, 6) is 3.79. The summed E-state index contributed by atoms with van der Waals surface area (Å²) < 4.78 is 6.00. The fraction of sp³-hybridized carbons (Fsp3) is 0.750. The topological polar surface area (TPSA) is 36.6 Å². The first-order valence-electron chi connectivity index (χ1n) is 7.71. The van der Waals surface area contributed by atoms with Gasteiger partial charge < -0.3 is 9.52 Å². The van der Waals surface area contributed by atoms with Gasteiger partial charge in [0.15, 0.2) is 0 Å². The third-order valence-corrected chi connectivity index (χ3v) is 4.43. The van der Waals surface area contributed by atoms with E-state index in [0.717, 1.165) is 43.7 Å². The van der Waals surface area contributed by atoms with Crippen LogP contribution in [0.5, 0.6) is 0 Å². The fourth-order valence-electron chi connectivity index (χ4n) is 2.85. The Kier molecular flexibility index (Phi) is 3.94. The molecule has 0 saturated heterocycles. The number of hydrogen-bond donors (Lipinski definition) is 1. The number of nitrogens with zero attached hydrogens (tertiary/aromatic N) is 1. The van der Waals surface area contributed by atoms with Crippen LogP contribution >= 0.6 is 0 Å². The first kappa shape index (κ1) is 13.2. The second-order valence-corrected chi connectivity index (χ2v) is 6.26. The van der Waals surface area contributed by atoms with Gasteiger partial charge in [-0.2, -0.15) is 0 Å². The van der Waals surface area contributed by atoms with E-state index in [4.69, 9.17) is 9.52 Å². The molecule has 0 bridgehead atoms. The number of hydrogen-bond acceptors (Lipinski definition) is 3. The quantitative estimate of drug-likeness (QED) is 0.732. The summed E-state index contributed by atoms with van der Waals surface area (Å²) in [6.45, 7) is 4.62. The van der Waals surface area contributed by atoms with Crippen LogP contribution in [0.2, 0.25) is 0 Å². The Bertz CT molecular complexity index is 411. The second kappa shape index (κ2) is 5.68. The Morgan fingerprint density at radius 1 is 1.32 bits per heavy atom. The molecule has 2 atom stereocenters. The zero-order chi connectivity index (χ0) is 13.2. The number of aliphatic hydroxyl groups is 1. The molecule has 2 aliphatic rings. The highest BCUT2D eigenvalue weighted by molar-refractivity contribution is 5.17. The molecular weight excluding hydrogens is 238 g/mol. The van der Waals surface area contributed by atoms with E-state index >= 15 is 0 Å². The molecule has 1 N–H and O–H groups in total. The van der Waals surface area contributed by atoms with Crippen LogP contribution in [-0.4, -0.2) is 29.2 Å². The highest BCUT2D eigenvalue weighted by Gasteiger charge is 2.37. The smallest absolute Gasteiger partial charge is 0.118 e. The molecular formula is C16H25NO2. The van der Waals surface area contributed by atoms with Crippen molar-refractivity contribution in [3.05, 3.63) is 23.7 Å². The van der Waals surface area contributed by atoms with Crippen molar-refractivity contribution in [1.29, 1.82) is 0 Å². The molecule has 3 rings (SSSR count). The van der Waals surface area contributed by atoms with Gasteiger partial charge in [0, 0.05) is 18.6 Å². The van der Waals surface area contributed by atoms with Gasteiger partial charge in [-0.25, -0.2) is 0 Å². The predicted octanol–water partition coefficient (Wildman–Crippen LogP) is 3.14. The lowest BCUT2D eigenvalue weighted by Gasteiger charge is -2.20. The third kappa shape index (κ3) is 3.40. The van der Waals surface area contributed by atoms with Crippen molar-refractivity contribution in [2.45, 2.75) is 57.5 Å². The van der Waals surface area contributed by atoms with Crippen LogP contribution in [0.4, 0.5) is 0 Å². The van der Waals surface area contributed by atoms with Gasteiger partial charge in [-0.1, -0.05) is 6.92 Å². The normalized spacial score (nSPS) is 26.1. The van der Waals surface area contributed by atoms with Crippen molar-refractivity contribution in [2.75, 3.05) is 13.2 Å². The lowest BCUT2D eigenvalue weighted by atomic mass is 10.2. The Labute approximate surface area is 115 Å². The number of rotatable bonds is 8. The molecule has 2 aliphatic carbocycles. The van der Waals surface area contributed by atoms with Crippen LogP contribution in [0.15, 0.2) is 16.5 Å². The number of aliphatic hydroxyl groups excluding tert-OH is 1. The van der Waals surface area contributed by atoms with Gasteiger partial charge in [0.2, 0.25) is 0 Å². The van der Waals surface area contributed by atoms with Gasteiger partial charge in [-0.05, 0) is 56.7 Å². The summed E-state index contributed by atoms with van der Waals surface area (Å²) in [6.07, 6.45) is 5.93. The summed E-state index contributed by atoms with van der Waals surface area (Å²) in [6, 6.07) is 5.08. The summed E-state index contributed by atoms with van der Waals surface area (Å²) in [5, 5.41) is 8.88. The summed E-state index contributed by atoms with van der Waals surface area (Å²) in [7, 11) is 0. The second-order valence-electron chi connectivity index (χ2n) is 6.26. The van der Waals surface area contributed by atoms with Crippen LogP contribution in [0.1, 0.15) is 56.5 Å². The molecule has 0 radical (unpaired) electrons. The summed E-state index contributed by atoms with van der Waals surface area (Å²) >= 11 is 0. The largest absolute Gasteiger partial charge is 0.464 e. The molecule has 2 fully saturated rings. The molecule has 0 aromatic carbocycles. The summed E-state index contributed by atoms with van der Waals surface area (Å²) in [5.41, 5.74) is 0. The zero-order valence-corrected chi connectivity index (χ0v) is 11.8. The van der Waals surface area contributed by atoms with Crippen molar-refractivity contribution in [2.24, 2.45) is 5.92 Å². The standard InChI is InChI=1S/C16H25NO2/c1-12-10-15(12)16-7-6-14(19-16)11-17(13-4-5-13)8-2-3-9-18/h6-7,12-13,15,18H,2-5,8-11H2,1H3. The number of unbranched alkanes of at least 4 members (excludes halogenated alkanes) is 1. The minimum absolute atomic E-state index is 0.309. The Balaban J connectivity index is 1.53. The van der Waals surface area contributed by atoms with E-state index in [-0.39, 0.29) is 0 Å². The van der Waals surface area contributed by atoms with Crippen LogP contribution in [0.25, 0.3) is 0 Å². The van der Waals surface area contributed by atoms with E-state index in [1.54, 1.807) is 0 Å². The van der Waals surface area contributed by atoms with E-state index in [9.17, 15) is 0 Å². The van der Waals surface area contributed by atoms with Crippen molar-refractivity contribution in [3.8, 4) is 0 Å². The maximum absolute atomic E-state index is 8.88. The molecule has 1 heterocycles. The average Bonchev–Trinajstić information content (AvgIpc) is 3.31. The molecule has 0 aliphatic heterocycles. The van der Waals surface area contributed by atoms with Crippen molar-refractivity contribution in [1.82, 2.24) is 4.90 Å².